The number of halogens is 2. The van der Waals surface area contributed by atoms with Crippen LogP contribution in [0.25, 0.3) is 0 Å². The quantitative estimate of drug-likeness (QED) is 0.872. The monoisotopic (exact) mass is 376 g/mol. The van der Waals surface area contributed by atoms with E-state index in [-0.39, 0.29) is 24.1 Å². The van der Waals surface area contributed by atoms with E-state index in [1.165, 1.54) is 19.2 Å². The third-order valence-electron chi connectivity index (χ3n) is 4.26. The molecule has 1 aliphatic heterocycles. The molecule has 1 saturated heterocycles. The molecule has 1 aliphatic rings. The highest BCUT2D eigenvalue weighted by molar-refractivity contribution is 6.32. The highest BCUT2D eigenvalue weighted by Crippen LogP contribution is 2.25. The fraction of sp³-hybridized carbons (Fsp3) is 0.263. The number of benzene rings is 2. The van der Waals surface area contributed by atoms with Gasteiger partial charge in [0.2, 0.25) is 11.8 Å². The van der Waals surface area contributed by atoms with Crippen molar-refractivity contribution in [3.05, 3.63) is 58.9 Å². The molecule has 2 aromatic rings. The normalized spacial score (nSPS) is 16.7. The molecule has 2 amide bonds. The van der Waals surface area contributed by atoms with Crippen LogP contribution in [-0.2, 0) is 16.0 Å². The van der Waals surface area contributed by atoms with E-state index in [1.807, 2.05) is 0 Å². The predicted octanol–water partition coefficient (Wildman–Crippen LogP) is 2.95. The predicted molar refractivity (Wildman–Crippen MR) is 97.0 cm³/mol. The molecule has 1 atom stereocenters. The summed E-state index contributed by atoms with van der Waals surface area (Å²) in [7, 11) is 1.52. The minimum absolute atomic E-state index is 0.115. The lowest BCUT2D eigenvalue weighted by Gasteiger charge is -2.17. The summed E-state index contributed by atoms with van der Waals surface area (Å²) in [4.78, 5) is 26.3. The number of nitrogens with one attached hydrogen (secondary N) is 1. The van der Waals surface area contributed by atoms with Crippen molar-refractivity contribution in [2.75, 3.05) is 18.6 Å². The first-order chi connectivity index (χ1) is 12.5. The van der Waals surface area contributed by atoms with Crippen molar-refractivity contribution < 1.29 is 18.7 Å². The summed E-state index contributed by atoms with van der Waals surface area (Å²) in [5.41, 5.74) is 1.35. The molecule has 3 rings (SSSR count). The van der Waals surface area contributed by atoms with E-state index in [0.717, 1.165) is 5.56 Å². The highest BCUT2D eigenvalue weighted by atomic mass is 35.5. The Bertz CT molecular complexity index is 826. The molecule has 1 fully saturated rings. The van der Waals surface area contributed by atoms with Gasteiger partial charge in [0.05, 0.1) is 18.6 Å². The van der Waals surface area contributed by atoms with Crippen molar-refractivity contribution in [2.24, 2.45) is 0 Å². The molecule has 26 heavy (non-hydrogen) atoms. The third kappa shape index (κ3) is 3.96. The average Bonchev–Trinajstić information content (AvgIpc) is 2.96. The summed E-state index contributed by atoms with van der Waals surface area (Å²) in [6.45, 7) is 0.476. The molecule has 0 aliphatic carbocycles. The molecule has 136 valence electrons. The second-order valence-corrected chi connectivity index (χ2v) is 6.43. The summed E-state index contributed by atoms with van der Waals surface area (Å²) < 4.78 is 18.1. The topological polar surface area (TPSA) is 58.6 Å². The Morgan fingerprint density at radius 3 is 2.69 bits per heavy atom. The second kappa shape index (κ2) is 7.74. The number of hydrogen-bond acceptors (Lipinski definition) is 3. The van der Waals surface area contributed by atoms with Crippen molar-refractivity contribution in [1.29, 1.82) is 0 Å². The first-order valence-corrected chi connectivity index (χ1v) is 8.54. The number of amides is 2. The van der Waals surface area contributed by atoms with Crippen molar-refractivity contribution in [1.82, 2.24) is 5.32 Å². The smallest absolute Gasteiger partial charge is 0.249 e. The van der Waals surface area contributed by atoms with E-state index < -0.39 is 6.04 Å². The highest BCUT2D eigenvalue weighted by Gasteiger charge is 2.33. The lowest BCUT2D eigenvalue weighted by atomic mass is 10.1. The fourth-order valence-corrected chi connectivity index (χ4v) is 3.22. The number of nitrogens with zero attached hydrogens (tertiary/aromatic N) is 1. The minimum atomic E-state index is -0.582. The summed E-state index contributed by atoms with van der Waals surface area (Å²) in [6, 6.07) is 10.3. The number of hydrogen-bond donors (Lipinski definition) is 1. The Balaban J connectivity index is 1.60. The Hall–Kier alpha value is -2.60. The van der Waals surface area contributed by atoms with Gasteiger partial charge in [-0.15, -0.1) is 0 Å². The summed E-state index contributed by atoms with van der Waals surface area (Å²) in [5, 5.41) is 3.19. The number of methoxy groups -OCH3 is 1. The van der Waals surface area contributed by atoms with Gasteiger partial charge in [-0.25, -0.2) is 4.39 Å². The van der Waals surface area contributed by atoms with Gasteiger partial charge in [0.1, 0.15) is 17.6 Å². The van der Waals surface area contributed by atoms with Gasteiger partial charge in [0, 0.05) is 12.2 Å². The van der Waals surface area contributed by atoms with Crippen LogP contribution in [0.2, 0.25) is 5.02 Å². The summed E-state index contributed by atoms with van der Waals surface area (Å²) in [5.74, 6) is -0.275. The van der Waals surface area contributed by atoms with Gasteiger partial charge in [0.15, 0.2) is 0 Å². The Kier molecular flexibility index (Phi) is 5.42. The molecule has 0 bridgehead atoms. The van der Waals surface area contributed by atoms with Crippen LogP contribution < -0.4 is 15.0 Å². The van der Waals surface area contributed by atoms with Crippen LogP contribution in [0.15, 0.2) is 42.5 Å². The first kappa shape index (κ1) is 18.2. The largest absolute Gasteiger partial charge is 0.495 e. The number of rotatable bonds is 5. The van der Waals surface area contributed by atoms with Crippen molar-refractivity contribution in [3.8, 4) is 5.75 Å². The van der Waals surface area contributed by atoms with Gasteiger partial charge in [-0.3, -0.25) is 9.59 Å². The molecule has 1 N–H and O–H groups in total. The van der Waals surface area contributed by atoms with Crippen LogP contribution in [0, 0.1) is 5.82 Å². The van der Waals surface area contributed by atoms with Gasteiger partial charge >= 0.3 is 0 Å². The fourth-order valence-electron chi connectivity index (χ4n) is 2.94. The Morgan fingerprint density at radius 1 is 1.31 bits per heavy atom. The third-order valence-corrected chi connectivity index (χ3v) is 4.56. The van der Waals surface area contributed by atoms with Crippen LogP contribution in [0.4, 0.5) is 10.1 Å². The Labute approximate surface area is 155 Å². The number of carbonyl (C=O) groups excluding carboxylic acids is 2. The Morgan fingerprint density at radius 2 is 2.04 bits per heavy atom. The molecular weight excluding hydrogens is 359 g/mol. The van der Waals surface area contributed by atoms with Crippen LogP contribution in [-0.4, -0.2) is 31.5 Å². The molecule has 0 saturated carbocycles. The van der Waals surface area contributed by atoms with Gasteiger partial charge in [-0.05, 0) is 48.4 Å². The zero-order chi connectivity index (χ0) is 18.7. The average molecular weight is 377 g/mol. The number of ether oxygens (including phenoxy) is 1. The molecular formula is C19H18ClFN2O3. The van der Waals surface area contributed by atoms with Gasteiger partial charge < -0.3 is 15.0 Å². The van der Waals surface area contributed by atoms with Crippen molar-refractivity contribution in [2.45, 2.75) is 18.9 Å². The standard InChI is InChI=1S/C19H18ClFN2O3/c1-26-17-7-2-12(10-15(17)20)11-18(24)22-16-8-9-23(19(16)25)14-5-3-13(21)4-6-14/h2-7,10,16H,8-9,11H2,1H3,(H,22,24). The zero-order valence-corrected chi connectivity index (χ0v) is 14.9. The molecule has 1 unspecified atom stereocenters. The summed E-state index contributed by atoms with van der Waals surface area (Å²) >= 11 is 6.06. The molecule has 1 heterocycles. The molecule has 2 aromatic carbocycles. The van der Waals surface area contributed by atoms with Gasteiger partial charge in [0.25, 0.3) is 0 Å². The van der Waals surface area contributed by atoms with Gasteiger partial charge in [-0.2, -0.15) is 0 Å². The second-order valence-electron chi connectivity index (χ2n) is 6.02. The first-order valence-electron chi connectivity index (χ1n) is 8.16. The van der Waals surface area contributed by atoms with E-state index in [4.69, 9.17) is 16.3 Å². The van der Waals surface area contributed by atoms with Crippen molar-refractivity contribution in [3.63, 3.8) is 0 Å². The molecule has 0 aromatic heterocycles. The van der Waals surface area contributed by atoms with E-state index >= 15 is 0 Å². The zero-order valence-electron chi connectivity index (χ0n) is 14.2. The van der Waals surface area contributed by atoms with E-state index in [0.29, 0.717) is 29.4 Å². The minimum Gasteiger partial charge on any atom is -0.495 e. The number of carbonyl (C=O) groups is 2. The van der Waals surface area contributed by atoms with Crippen LogP contribution >= 0.6 is 11.6 Å². The van der Waals surface area contributed by atoms with Crippen molar-refractivity contribution >= 4 is 29.1 Å². The number of anilines is 1. The van der Waals surface area contributed by atoms with E-state index in [1.54, 1.807) is 35.2 Å². The van der Waals surface area contributed by atoms with Gasteiger partial charge in [-0.1, -0.05) is 17.7 Å². The maximum absolute atomic E-state index is 13.0. The molecule has 7 heteroatoms. The van der Waals surface area contributed by atoms with Crippen LogP contribution in [0.3, 0.4) is 0 Å². The lowest BCUT2D eigenvalue weighted by molar-refractivity contribution is -0.126. The van der Waals surface area contributed by atoms with Crippen LogP contribution in [0.1, 0.15) is 12.0 Å². The summed E-state index contributed by atoms with van der Waals surface area (Å²) in [6.07, 6.45) is 0.620. The van der Waals surface area contributed by atoms with Crippen LogP contribution in [0.5, 0.6) is 5.75 Å². The SMILES string of the molecule is COc1ccc(CC(=O)NC2CCN(c3ccc(F)cc3)C2=O)cc1Cl. The maximum atomic E-state index is 13.0. The van der Waals surface area contributed by atoms with E-state index in [9.17, 15) is 14.0 Å². The maximum Gasteiger partial charge on any atom is 0.249 e. The molecule has 0 radical (unpaired) electrons. The van der Waals surface area contributed by atoms with E-state index in [2.05, 4.69) is 5.32 Å². The molecule has 5 nitrogen and oxygen atoms in total. The molecule has 0 spiro atoms. The lowest BCUT2D eigenvalue weighted by Crippen LogP contribution is -2.42.